The summed E-state index contributed by atoms with van der Waals surface area (Å²) in [6, 6.07) is 4.10. The number of pyridine rings is 1. The van der Waals surface area contributed by atoms with Crippen molar-refractivity contribution < 1.29 is 0 Å². The Morgan fingerprint density at radius 3 is 2.79 bits per heavy atom. The highest BCUT2D eigenvalue weighted by Gasteiger charge is 2.16. The van der Waals surface area contributed by atoms with Crippen LogP contribution in [0.3, 0.4) is 0 Å². The number of H-pyrrole nitrogens is 1. The molecule has 19 heavy (non-hydrogen) atoms. The number of aromatic amines is 1. The molecule has 0 amide bonds. The first-order valence-electron chi connectivity index (χ1n) is 6.83. The van der Waals surface area contributed by atoms with Crippen molar-refractivity contribution in [3.05, 3.63) is 18.0 Å². The highest BCUT2D eigenvalue weighted by Crippen LogP contribution is 2.25. The summed E-state index contributed by atoms with van der Waals surface area (Å²) in [6.07, 6.45) is 3.70. The van der Waals surface area contributed by atoms with Crippen LogP contribution < -0.4 is 4.90 Å². The summed E-state index contributed by atoms with van der Waals surface area (Å²) in [5, 5.41) is 0. The molecule has 2 aromatic rings. The minimum atomic E-state index is 0.787. The lowest BCUT2D eigenvalue weighted by Gasteiger charge is -2.19. The summed E-state index contributed by atoms with van der Waals surface area (Å²) in [4.78, 5) is 14.6. The standard InChI is InChI=1S/C14H20N4S/c1-18(2)13-4-3-11-14(17-13)16-12(15-11)9-10-5-7-19-8-6-10/h3-4,10H,5-9H2,1-2H3,(H,15,16,17). The zero-order valence-corrected chi connectivity index (χ0v) is 12.3. The van der Waals surface area contributed by atoms with Crippen LogP contribution in [0.25, 0.3) is 11.2 Å². The average Bonchev–Trinajstić information content (AvgIpc) is 2.80. The van der Waals surface area contributed by atoms with Crippen molar-refractivity contribution in [1.82, 2.24) is 15.0 Å². The van der Waals surface area contributed by atoms with Gasteiger partial charge >= 0.3 is 0 Å². The Labute approximate surface area is 118 Å². The van der Waals surface area contributed by atoms with E-state index < -0.39 is 0 Å². The molecule has 5 heteroatoms. The minimum absolute atomic E-state index is 0.787. The number of aromatic nitrogens is 3. The molecule has 0 radical (unpaired) electrons. The number of hydrogen-bond donors (Lipinski definition) is 1. The lowest BCUT2D eigenvalue weighted by molar-refractivity contribution is 0.478. The molecule has 0 unspecified atom stereocenters. The van der Waals surface area contributed by atoms with Gasteiger partial charge in [-0.3, -0.25) is 0 Å². The molecule has 0 aromatic carbocycles. The predicted octanol–water partition coefficient (Wildman–Crippen LogP) is 2.71. The van der Waals surface area contributed by atoms with Gasteiger partial charge in [-0.15, -0.1) is 0 Å². The quantitative estimate of drug-likeness (QED) is 0.936. The van der Waals surface area contributed by atoms with Crippen LogP contribution in [0.2, 0.25) is 0 Å². The predicted molar refractivity (Wildman–Crippen MR) is 82.0 cm³/mol. The van der Waals surface area contributed by atoms with Crippen LogP contribution in [0, 0.1) is 5.92 Å². The fourth-order valence-electron chi connectivity index (χ4n) is 2.50. The Morgan fingerprint density at radius 1 is 1.26 bits per heavy atom. The van der Waals surface area contributed by atoms with E-state index in [1.54, 1.807) is 0 Å². The lowest BCUT2D eigenvalue weighted by atomic mass is 9.99. The molecule has 102 valence electrons. The maximum absolute atomic E-state index is 4.65. The van der Waals surface area contributed by atoms with Gasteiger partial charge in [0.1, 0.15) is 11.6 Å². The lowest BCUT2D eigenvalue weighted by Crippen LogP contribution is -2.12. The molecule has 1 saturated heterocycles. The van der Waals surface area contributed by atoms with E-state index in [-0.39, 0.29) is 0 Å². The third-order valence-corrected chi connectivity index (χ3v) is 4.71. The van der Waals surface area contributed by atoms with Crippen molar-refractivity contribution in [3.63, 3.8) is 0 Å². The Balaban J connectivity index is 1.80. The number of imidazole rings is 1. The minimum Gasteiger partial charge on any atom is -0.363 e. The zero-order chi connectivity index (χ0) is 13.2. The number of anilines is 1. The van der Waals surface area contributed by atoms with Gasteiger partial charge < -0.3 is 9.88 Å². The van der Waals surface area contributed by atoms with Crippen LogP contribution in [-0.4, -0.2) is 40.6 Å². The van der Waals surface area contributed by atoms with Gasteiger partial charge in [-0.25, -0.2) is 9.97 Å². The average molecular weight is 276 g/mol. The van der Waals surface area contributed by atoms with Gasteiger partial charge in [-0.05, 0) is 42.4 Å². The van der Waals surface area contributed by atoms with E-state index in [4.69, 9.17) is 0 Å². The largest absolute Gasteiger partial charge is 0.363 e. The number of nitrogens with zero attached hydrogens (tertiary/aromatic N) is 3. The second kappa shape index (κ2) is 5.41. The second-order valence-electron chi connectivity index (χ2n) is 5.38. The summed E-state index contributed by atoms with van der Waals surface area (Å²) >= 11 is 2.07. The molecule has 3 heterocycles. The van der Waals surface area contributed by atoms with Gasteiger partial charge in [0.25, 0.3) is 0 Å². The molecular formula is C14H20N4S. The van der Waals surface area contributed by atoms with Gasteiger partial charge in [0.2, 0.25) is 0 Å². The molecule has 0 aliphatic carbocycles. The topological polar surface area (TPSA) is 44.8 Å². The monoisotopic (exact) mass is 276 g/mol. The summed E-state index contributed by atoms with van der Waals surface area (Å²) in [7, 11) is 4.00. The molecule has 0 saturated carbocycles. The van der Waals surface area contributed by atoms with E-state index >= 15 is 0 Å². The van der Waals surface area contributed by atoms with Gasteiger partial charge in [0.15, 0.2) is 5.65 Å². The number of nitrogens with one attached hydrogen (secondary N) is 1. The number of hydrogen-bond acceptors (Lipinski definition) is 4. The van der Waals surface area contributed by atoms with Gasteiger partial charge in [0.05, 0.1) is 5.52 Å². The Morgan fingerprint density at radius 2 is 2.05 bits per heavy atom. The van der Waals surface area contributed by atoms with Crippen LogP contribution in [0.1, 0.15) is 18.7 Å². The van der Waals surface area contributed by atoms with Gasteiger partial charge in [0, 0.05) is 20.5 Å². The van der Waals surface area contributed by atoms with Crippen molar-refractivity contribution >= 4 is 28.7 Å². The number of rotatable bonds is 3. The number of fused-ring (bicyclic) bond motifs is 1. The van der Waals surface area contributed by atoms with Crippen LogP contribution in [0.4, 0.5) is 5.82 Å². The molecule has 0 bridgehead atoms. The van der Waals surface area contributed by atoms with Crippen LogP contribution >= 0.6 is 11.8 Å². The van der Waals surface area contributed by atoms with Crippen molar-refractivity contribution in [1.29, 1.82) is 0 Å². The van der Waals surface area contributed by atoms with E-state index in [9.17, 15) is 0 Å². The first kappa shape index (κ1) is 12.8. The molecule has 4 nitrogen and oxygen atoms in total. The zero-order valence-electron chi connectivity index (χ0n) is 11.5. The molecular weight excluding hydrogens is 256 g/mol. The smallest absolute Gasteiger partial charge is 0.179 e. The first-order valence-corrected chi connectivity index (χ1v) is 7.98. The normalized spacial score (nSPS) is 16.9. The fourth-order valence-corrected chi connectivity index (χ4v) is 3.71. The van der Waals surface area contributed by atoms with Crippen molar-refractivity contribution in [2.75, 3.05) is 30.5 Å². The third-order valence-electron chi connectivity index (χ3n) is 3.66. The van der Waals surface area contributed by atoms with Gasteiger partial charge in [-0.1, -0.05) is 0 Å². The molecule has 0 spiro atoms. The van der Waals surface area contributed by atoms with Gasteiger partial charge in [-0.2, -0.15) is 11.8 Å². The fraction of sp³-hybridized carbons (Fsp3) is 0.571. The molecule has 1 fully saturated rings. The van der Waals surface area contributed by atoms with E-state index in [1.165, 1.54) is 24.3 Å². The highest BCUT2D eigenvalue weighted by molar-refractivity contribution is 7.99. The van der Waals surface area contributed by atoms with Crippen LogP contribution in [0.5, 0.6) is 0 Å². The van der Waals surface area contributed by atoms with Crippen molar-refractivity contribution in [2.24, 2.45) is 5.92 Å². The second-order valence-corrected chi connectivity index (χ2v) is 6.60. The molecule has 1 aliphatic rings. The Kier molecular flexibility index (Phi) is 3.64. The third kappa shape index (κ3) is 2.86. The first-order chi connectivity index (χ1) is 9.22. The van der Waals surface area contributed by atoms with Crippen molar-refractivity contribution in [3.8, 4) is 0 Å². The van der Waals surface area contributed by atoms with Crippen molar-refractivity contribution in [2.45, 2.75) is 19.3 Å². The summed E-state index contributed by atoms with van der Waals surface area (Å²) in [5.74, 6) is 5.44. The van der Waals surface area contributed by atoms with E-state index in [2.05, 4.69) is 32.8 Å². The summed E-state index contributed by atoms with van der Waals surface area (Å²) < 4.78 is 0. The molecule has 0 atom stereocenters. The maximum atomic E-state index is 4.65. The van der Waals surface area contributed by atoms with Crippen LogP contribution in [0.15, 0.2) is 12.1 Å². The highest BCUT2D eigenvalue weighted by atomic mass is 32.2. The van der Waals surface area contributed by atoms with E-state index in [0.717, 1.165) is 35.1 Å². The van der Waals surface area contributed by atoms with E-state index in [0.29, 0.717) is 0 Å². The SMILES string of the molecule is CN(C)c1ccc2[nH]c(CC3CCSCC3)nc2n1. The molecule has 2 aromatic heterocycles. The number of thioether (sulfide) groups is 1. The molecule has 3 rings (SSSR count). The van der Waals surface area contributed by atoms with Crippen LogP contribution in [-0.2, 0) is 6.42 Å². The Bertz CT molecular complexity index is 558. The molecule has 1 N–H and O–H groups in total. The molecule has 1 aliphatic heterocycles. The van der Waals surface area contributed by atoms with E-state index in [1.807, 2.05) is 25.1 Å². The summed E-state index contributed by atoms with van der Waals surface area (Å²) in [6.45, 7) is 0. The maximum Gasteiger partial charge on any atom is 0.179 e. The Hall–Kier alpha value is -1.23. The summed E-state index contributed by atoms with van der Waals surface area (Å²) in [5.41, 5.74) is 1.89.